The van der Waals surface area contributed by atoms with Crippen LogP contribution in [0.5, 0.6) is 0 Å². The van der Waals surface area contributed by atoms with Crippen molar-refractivity contribution in [2.45, 2.75) is 25.2 Å². The molecule has 0 radical (unpaired) electrons. The van der Waals surface area contributed by atoms with E-state index in [9.17, 15) is 9.59 Å². The number of rotatable bonds is 4. The molecule has 2 heterocycles. The van der Waals surface area contributed by atoms with Gasteiger partial charge in [0.1, 0.15) is 0 Å². The standard InChI is InChI=1S/C23H21IN2O2/c24-23(28)20-9-10-25-14-21(20)19-6-3-11-26(15-19)22(27)13-16-7-8-17-4-1-2-5-18(17)12-16/h1-2,4-5,7-10,12,14,19H,3,6,11,13,15H2. The number of carbonyl (C=O) groups is 2. The molecule has 4 rings (SSSR count). The van der Waals surface area contributed by atoms with Crippen LogP contribution in [-0.2, 0) is 11.2 Å². The Balaban J connectivity index is 1.49. The molecular formula is C23H21IN2O2. The summed E-state index contributed by atoms with van der Waals surface area (Å²) in [5.74, 6) is 0.308. The molecule has 28 heavy (non-hydrogen) atoms. The van der Waals surface area contributed by atoms with E-state index in [1.807, 2.05) is 45.7 Å². The highest BCUT2D eigenvalue weighted by Crippen LogP contribution is 2.30. The van der Waals surface area contributed by atoms with Crippen molar-refractivity contribution >= 4 is 43.1 Å². The Morgan fingerprint density at radius 2 is 1.93 bits per heavy atom. The first-order valence-corrected chi connectivity index (χ1v) is 10.6. The molecule has 1 saturated heterocycles. The number of hydrogen-bond acceptors (Lipinski definition) is 3. The SMILES string of the molecule is O=C(I)c1ccncc1C1CCCN(C(=O)Cc2ccc3ccccc3c2)C1. The quantitative estimate of drug-likeness (QED) is 0.397. The topological polar surface area (TPSA) is 50.3 Å². The number of piperidine rings is 1. The zero-order valence-corrected chi connectivity index (χ0v) is 17.6. The van der Waals surface area contributed by atoms with Crippen molar-refractivity contribution in [1.82, 2.24) is 9.88 Å². The van der Waals surface area contributed by atoms with Crippen molar-refractivity contribution in [1.29, 1.82) is 0 Å². The highest BCUT2D eigenvalue weighted by Gasteiger charge is 2.27. The fourth-order valence-corrected chi connectivity index (χ4v) is 4.49. The smallest absolute Gasteiger partial charge is 0.227 e. The third-order valence-corrected chi connectivity index (χ3v) is 6.03. The normalized spacial score (nSPS) is 16.9. The maximum absolute atomic E-state index is 12.9. The van der Waals surface area contributed by atoms with Crippen LogP contribution in [0.1, 0.15) is 40.2 Å². The molecule has 1 aromatic heterocycles. The van der Waals surface area contributed by atoms with Gasteiger partial charge in [-0.2, -0.15) is 0 Å². The monoisotopic (exact) mass is 484 g/mol. The largest absolute Gasteiger partial charge is 0.342 e. The van der Waals surface area contributed by atoms with Crippen molar-refractivity contribution < 1.29 is 9.59 Å². The third kappa shape index (κ3) is 4.09. The number of fused-ring (bicyclic) bond motifs is 1. The van der Waals surface area contributed by atoms with E-state index in [-0.39, 0.29) is 15.6 Å². The molecule has 0 spiro atoms. The lowest BCUT2D eigenvalue weighted by Gasteiger charge is -2.33. The Hall–Kier alpha value is -2.28. The minimum atomic E-state index is 0.0228. The number of nitrogens with zero attached hydrogens (tertiary/aromatic N) is 2. The van der Waals surface area contributed by atoms with Gasteiger partial charge in [0, 0.05) is 59.6 Å². The van der Waals surface area contributed by atoms with Crippen molar-refractivity contribution in [3.63, 3.8) is 0 Å². The maximum atomic E-state index is 12.9. The van der Waals surface area contributed by atoms with E-state index < -0.39 is 0 Å². The Kier molecular flexibility index (Phi) is 5.71. The molecule has 0 aliphatic carbocycles. The molecule has 0 N–H and O–H groups in total. The minimum absolute atomic E-state index is 0.0228. The molecule has 1 unspecified atom stereocenters. The molecule has 1 fully saturated rings. The number of hydrogen-bond donors (Lipinski definition) is 0. The predicted octanol–water partition coefficient (Wildman–Crippen LogP) is 4.76. The van der Waals surface area contributed by atoms with Crippen LogP contribution in [0, 0.1) is 0 Å². The van der Waals surface area contributed by atoms with Gasteiger partial charge in [0.05, 0.1) is 6.42 Å². The van der Waals surface area contributed by atoms with Gasteiger partial charge in [-0.25, -0.2) is 0 Å². The summed E-state index contributed by atoms with van der Waals surface area (Å²) in [6, 6.07) is 16.2. The number of amides is 1. The first-order valence-electron chi connectivity index (χ1n) is 9.51. The molecule has 5 heteroatoms. The Bertz CT molecular complexity index is 1030. The van der Waals surface area contributed by atoms with E-state index in [0.717, 1.165) is 35.9 Å². The molecule has 1 amide bonds. The van der Waals surface area contributed by atoms with E-state index in [1.165, 1.54) is 5.39 Å². The number of benzene rings is 2. The van der Waals surface area contributed by atoms with E-state index in [0.29, 0.717) is 18.5 Å². The van der Waals surface area contributed by atoms with Gasteiger partial charge in [-0.1, -0.05) is 42.5 Å². The lowest BCUT2D eigenvalue weighted by atomic mass is 9.89. The number of halogens is 1. The van der Waals surface area contributed by atoms with Gasteiger partial charge in [0.25, 0.3) is 0 Å². The highest BCUT2D eigenvalue weighted by molar-refractivity contribution is 14.1. The van der Waals surface area contributed by atoms with Crippen LogP contribution in [0.15, 0.2) is 60.9 Å². The number of likely N-dealkylation sites (tertiary alicyclic amines) is 1. The molecule has 1 atom stereocenters. The summed E-state index contributed by atoms with van der Waals surface area (Å²) < 4.78 is 0.0228. The summed E-state index contributed by atoms with van der Waals surface area (Å²) in [5, 5.41) is 2.34. The Morgan fingerprint density at radius 1 is 1.11 bits per heavy atom. The zero-order chi connectivity index (χ0) is 19.5. The van der Waals surface area contributed by atoms with Crippen LogP contribution in [0.2, 0.25) is 0 Å². The fraction of sp³-hybridized carbons (Fsp3) is 0.261. The van der Waals surface area contributed by atoms with Gasteiger partial charge in [-0.05, 0) is 40.8 Å². The molecule has 142 valence electrons. The molecule has 0 bridgehead atoms. The van der Waals surface area contributed by atoms with Crippen LogP contribution in [-0.4, -0.2) is 32.7 Å². The average molecular weight is 484 g/mol. The molecule has 0 saturated carbocycles. The Labute approximate surface area is 178 Å². The van der Waals surface area contributed by atoms with Crippen molar-refractivity contribution in [3.05, 3.63) is 77.6 Å². The second-order valence-corrected chi connectivity index (χ2v) is 8.25. The first-order chi connectivity index (χ1) is 13.6. The minimum Gasteiger partial charge on any atom is -0.342 e. The molecular weight excluding hydrogens is 463 g/mol. The lowest BCUT2D eigenvalue weighted by molar-refractivity contribution is -0.131. The predicted molar refractivity (Wildman–Crippen MR) is 119 cm³/mol. The molecule has 4 nitrogen and oxygen atoms in total. The average Bonchev–Trinajstić information content (AvgIpc) is 2.73. The fourth-order valence-electron chi connectivity index (χ4n) is 4.00. The van der Waals surface area contributed by atoms with Crippen LogP contribution < -0.4 is 0 Å². The first kappa shape index (κ1) is 19.1. The zero-order valence-electron chi connectivity index (χ0n) is 15.5. The van der Waals surface area contributed by atoms with Crippen molar-refractivity contribution in [2.24, 2.45) is 0 Å². The molecule has 2 aromatic carbocycles. The molecule has 3 aromatic rings. The van der Waals surface area contributed by atoms with Gasteiger partial charge < -0.3 is 4.90 Å². The second-order valence-electron chi connectivity index (χ2n) is 7.27. The van der Waals surface area contributed by atoms with E-state index in [4.69, 9.17) is 0 Å². The van der Waals surface area contributed by atoms with Crippen molar-refractivity contribution in [2.75, 3.05) is 13.1 Å². The number of pyridine rings is 1. The number of aromatic nitrogens is 1. The highest BCUT2D eigenvalue weighted by atomic mass is 127. The van der Waals surface area contributed by atoms with E-state index >= 15 is 0 Å². The van der Waals surface area contributed by atoms with Gasteiger partial charge in [-0.15, -0.1) is 0 Å². The maximum Gasteiger partial charge on any atom is 0.227 e. The summed E-state index contributed by atoms with van der Waals surface area (Å²) in [7, 11) is 0. The van der Waals surface area contributed by atoms with Gasteiger partial charge in [0.2, 0.25) is 9.70 Å². The Morgan fingerprint density at radius 3 is 2.75 bits per heavy atom. The van der Waals surface area contributed by atoms with Gasteiger partial charge >= 0.3 is 0 Å². The summed E-state index contributed by atoms with van der Waals surface area (Å²) >= 11 is 1.82. The summed E-state index contributed by atoms with van der Waals surface area (Å²) in [4.78, 5) is 31.0. The van der Waals surface area contributed by atoms with Gasteiger partial charge in [0.15, 0.2) is 0 Å². The summed E-state index contributed by atoms with van der Waals surface area (Å²) in [6.45, 7) is 1.42. The van der Waals surface area contributed by atoms with Crippen LogP contribution in [0.3, 0.4) is 0 Å². The van der Waals surface area contributed by atoms with Gasteiger partial charge in [-0.3, -0.25) is 14.6 Å². The van der Waals surface area contributed by atoms with Crippen LogP contribution in [0.4, 0.5) is 0 Å². The van der Waals surface area contributed by atoms with E-state index in [2.05, 4.69) is 29.2 Å². The lowest BCUT2D eigenvalue weighted by Crippen LogP contribution is -2.40. The summed E-state index contributed by atoms with van der Waals surface area (Å²) in [6.07, 6.45) is 5.76. The number of carbonyl (C=O) groups excluding carboxylic acids is 2. The molecule has 1 aliphatic heterocycles. The van der Waals surface area contributed by atoms with E-state index in [1.54, 1.807) is 18.5 Å². The van der Waals surface area contributed by atoms with Crippen molar-refractivity contribution in [3.8, 4) is 0 Å². The van der Waals surface area contributed by atoms with Crippen LogP contribution in [0.25, 0.3) is 10.8 Å². The summed E-state index contributed by atoms with van der Waals surface area (Å²) in [5.41, 5.74) is 2.71. The van der Waals surface area contributed by atoms with Crippen LogP contribution >= 0.6 is 22.6 Å². The third-order valence-electron chi connectivity index (χ3n) is 5.45. The molecule has 1 aliphatic rings. The second kappa shape index (κ2) is 8.39.